The molecule has 0 bridgehead atoms. The number of amides is 4. The summed E-state index contributed by atoms with van der Waals surface area (Å²) in [7, 11) is 7.41. The van der Waals surface area contributed by atoms with Gasteiger partial charge in [0.15, 0.2) is 0 Å². The highest BCUT2D eigenvalue weighted by atomic mass is 32.2. The van der Waals surface area contributed by atoms with Crippen molar-refractivity contribution in [2.24, 2.45) is 0 Å². The summed E-state index contributed by atoms with van der Waals surface area (Å²) in [6.45, 7) is 12.0. The van der Waals surface area contributed by atoms with Gasteiger partial charge in [-0.15, -0.1) is 47.0 Å². The number of aliphatic hydroxyl groups excluding tert-OH is 1. The smallest absolute Gasteiger partial charge is 0.222 e. The van der Waals surface area contributed by atoms with Crippen LogP contribution in [0.1, 0.15) is 100 Å². The lowest BCUT2D eigenvalue weighted by atomic mass is 10.0. The molecule has 112 heavy (non-hydrogen) atoms. The van der Waals surface area contributed by atoms with Crippen LogP contribution in [0.5, 0.6) is 34.5 Å². The number of carbonyl (C=O) groups excluding carboxylic acids is 4. The molecule has 17 nitrogen and oxygen atoms in total. The van der Waals surface area contributed by atoms with E-state index in [1.807, 2.05) is 185 Å². The Morgan fingerprint density at radius 2 is 0.732 bits per heavy atom. The number of aromatic hydroxyl groups is 3. The lowest BCUT2D eigenvalue weighted by Gasteiger charge is -2.33. The number of rotatable bonds is 34. The molecular formula is C90H110FN7O10S4. The molecule has 0 aromatic heterocycles. The molecule has 0 saturated carbocycles. The Hall–Kier alpha value is -9.29. The van der Waals surface area contributed by atoms with Crippen molar-refractivity contribution in [2.45, 2.75) is 136 Å². The van der Waals surface area contributed by atoms with Crippen LogP contribution in [0, 0.1) is 5.82 Å². The van der Waals surface area contributed by atoms with Crippen LogP contribution in [-0.4, -0.2) is 166 Å². The van der Waals surface area contributed by atoms with Gasteiger partial charge in [0.1, 0.15) is 40.3 Å². The number of para-hydroxylation sites is 5. The molecule has 2 saturated heterocycles. The van der Waals surface area contributed by atoms with E-state index in [0.29, 0.717) is 51.9 Å². The zero-order chi connectivity index (χ0) is 79.8. The third-order valence-corrected chi connectivity index (χ3v) is 22.8. The summed E-state index contributed by atoms with van der Waals surface area (Å²) in [5, 5.41) is 41.1. The first-order chi connectivity index (χ1) is 54.2. The quantitative estimate of drug-likeness (QED) is 0.0188. The summed E-state index contributed by atoms with van der Waals surface area (Å²) < 4.78 is 24.7. The van der Waals surface area contributed by atoms with Crippen molar-refractivity contribution in [3.63, 3.8) is 0 Å². The van der Waals surface area contributed by atoms with Gasteiger partial charge in [0.2, 0.25) is 23.6 Å². The number of piperidine rings is 1. The third-order valence-electron chi connectivity index (χ3n) is 18.4. The molecule has 2 heterocycles. The number of piperazine rings is 1. The van der Waals surface area contributed by atoms with E-state index >= 15 is 0 Å². The number of nitrogens with one attached hydrogen (secondary N) is 1. The molecule has 2 fully saturated rings. The average molecular weight is 1600 g/mol. The van der Waals surface area contributed by atoms with Crippen molar-refractivity contribution in [2.75, 3.05) is 100 Å². The Balaban J connectivity index is 0.000000188. The average Bonchev–Trinajstić information content (AvgIpc) is 0.839. The lowest BCUT2D eigenvalue weighted by Crippen LogP contribution is -2.44. The Labute approximate surface area is 679 Å². The third kappa shape index (κ3) is 32.1. The maximum absolute atomic E-state index is 12.9. The highest BCUT2D eigenvalue weighted by Crippen LogP contribution is 2.31. The summed E-state index contributed by atoms with van der Waals surface area (Å²) in [6, 6.07) is 69.8. The molecule has 0 unspecified atom stereocenters. The molecule has 4 amide bonds. The van der Waals surface area contributed by atoms with Crippen LogP contribution in [0.25, 0.3) is 0 Å². The second kappa shape index (κ2) is 48.6. The van der Waals surface area contributed by atoms with E-state index in [1.54, 1.807) is 105 Å². The predicted octanol–water partition coefficient (Wildman–Crippen LogP) is 18.1. The molecule has 9 aromatic rings. The molecule has 2 aliphatic rings. The largest absolute Gasteiger partial charge is 0.508 e. The van der Waals surface area contributed by atoms with Crippen LogP contribution in [-0.2, 0) is 45.4 Å². The van der Waals surface area contributed by atoms with Crippen LogP contribution in [0.3, 0.4) is 0 Å². The standard InChI is InChI=1S/C24H25NO3S.C23H30N2O3S.C22H29N3O2S.C21H26FNO2S/c1-25(24(27)12-7-17-29-22-15-13-20(26)14-16-22)18-19-8-5-6-11-23(19)28-21-9-3-2-4-10-21;1-24(23(28)7-4-16-29-21-10-8-19(26)9-11-21)17-18-5-2-3-6-22(18)25-14-12-20(27)13-15-25;1-24(22(27)7-4-16-28-20-10-8-19(26)9-11-20)17-18-5-2-3-6-21(18)25-14-12-23-13-15-25;1-16(2)25-20-8-5-4-7-17(20)15-23(3)21(24)9-6-14-26-19-12-10-18(22)11-13-19/h2-6,8-11,13-16,26H,7,12,17-18H2,1H3;2-3,5-6,8-11,20,26-27H,4,7,12-17H2,1H3;2-3,5-6,8-11,23,26H,4,7,12-17H2,1H3;4-5,7-8,10-13,16H,6,9,14-15H2,1-3H3. The first kappa shape index (κ1) is 88.3. The number of ether oxygens (including phenoxy) is 2. The Bertz CT molecular complexity index is 4250. The van der Waals surface area contributed by atoms with E-state index in [0.717, 1.165) is 154 Å². The molecule has 0 spiro atoms. The highest BCUT2D eigenvalue weighted by Gasteiger charge is 2.22. The number of thioether (sulfide) groups is 4. The van der Waals surface area contributed by atoms with Gasteiger partial charge < -0.3 is 64.6 Å². The van der Waals surface area contributed by atoms with Crippen LogP contribution in [0.2, 0.25) is 0 Å². The Morgan fingerprint density at radius 1 is 0.420 bits per heavy atom. The van der Waals surface area contributed by atoms with Crippen molar-refractivity contribution < 1.29 is 53.5 Å². The number of halogens is 1. The van der Waals surface area contributed by atoms with Crippen LogP contribution in [0.15, 0.2) is 244 Å². The number of phenols is 3. The maximum Gasteiger partial charge on any atom is 0.222 e. The molecule has 9 aromatic carbocycles. The number of phenolic OH excluding ortho intramolecular Hbond substituents is 3. The van der Waals surface area contributed by atoms with Crippen LogP contribution in [0.4, 0.5) is 15.8 Å². The second-order valence-corrected chi connectivity index (χ2v) is 32.4. The fourth-order valence-corrected chi connectivity index (χ4v) is 15.6. The van der Waals surface area contributed by atoms with Gasteiger partial charge in [-0.2, -0.15) is 0 Å². The molecule has 0 radical (unpaired) electrons. The summed E-state index contributed by atoms with van der Waals surface area (Å²) in [4.78, 5) is 66.2. The van der Waals surface area contributed by atoms with Crippen molar-refractivity contribution in [3.8, 4) is 34.5 Å². The molecule has 11 rings (SSSR count). The first-order valence-corrected chi connectivity index (χ1v) is 42.4. The first-order valence-electron chi connectivity index (χ1n) is 38.4. The van der Waals surface area contributed by atoms with E-state index in [1.165, 1.54) is 29.1 Å². The number of nitrogens with zero attached hydrogens (tertiary/aromatic N) is 6. The number of hydrogen-bond acceptors (Lipinski definition) is 17. The highest BCUT2D eigenvalue weighted by molar-refractivity contribution is 8.00. The minimum Gasteiger partial charge on any atom is -0.508 e. The van der Waals surface area contributed by atoms with Crippen LogP contribution < -0.4 is 24.6 Å². The molecule has 0 atom stereocenters. The molecular weight excluding hydrogens is 1490 g/mol. The fraction of sp³-hybridized carbons (Fsp3) is 0.356. The molecule has 22 heteroatoms. The van der Waals surface area contributed by atoms with Crippen molar-refractivity contribution in [3.05, 3.63) is 253 Å². The second-order valence-electron chi connectivity index (χ2n) is 27.8. The van der Waals surface area contributed by atoms with Gasteiger partial charge >= 0.3 is 0 Å². The zero-order valence-electron chi connectivity index (χ0n) is 65.4. The number of benzene rings is 9. The van der Waals surface area contributed by atoms with Crippen molar-refractivity contribution in [1.29, 1.82) is 0 Å². The Kier molecular flexibility index (Phi) is 38.3. The minimum atomic E-state index is -0.229. The molecule has 596 valence electrons. The van der Waals surface area contributed by atoms with Gasteiger partial charge in [-0.1, -0.05) is 91.0 Å². The number of hydrogen-bond donors (Lipinski definition) is 5. The molecule has 5 N–H and O–H groups in total. The van der Waals surface area contributed by atoms with E-state index in [9.17, 15) is 44.0 Å². The topological polar surface area (TPSA) is 199 Å². The zero-order valence-corrected chi connectivity index (χ0v) is 68.7. The summed E-state index contributed by atoms with van der Waals surface area (Å²) in [5.41, 5.74) is 6.76. The number of carbonyl (C=O) groups is 4. The van der Waals surface area contributed by atoms with Crippen molar-refractivity contribution in [1.82, 2.24) is 24.9 Å². The minimum absolute atomic E-state index is 0.0978. The SMILES string of the molecule is CC(C)Oc1ccccc1CN(C)C(=O)CCCSc1ccc(F)cc1.CN(Cc1ccccc1N1CCC(O)CC1)C(=O)CCCSc1ccc(O)cc1.CN(Cc1ccccc1N1CCNCC1)C(=O)CCCSc1ccc(O)cc1.CN(Cc1ccccc1Oc1ccccc1)C(=O)CCCSc1ccc(O)cc1. The number of anilines is 2. The summed E-state index contributed by atoms with van der Waals surface area (Å²) in [6.07, 6.45) is 6.82. The fourth-order valence-electron chi connectivity index (χ4n) is 12.2. The van der Waals surface area contributed by atoms with E-state index < -0.39 is 0 Å². The van der Waals surface area contributed by atoms with E-state index in [4.69, 9.17) is 9.47 Å². The van der Waals surface area contributed by atoms with Gasteiger partial charge in [-0.05, 0) is 220 Å². The Morgan fingerprint density at radius 3 is 1.12 bits per heavy atom. The van der Waals surface area contributed by atoms with Gasteiger partial charge in [-0.25, -0.2) is 4.39 Å². The van der Waals surface area contributed by atoms with Gasteiger partial charge in [0.05, 0.1) is 12.2 Å². The maximum atomic E-state index is 12.9. The van der Waals surface area contributed by atoms with Gasteiger partial charge in [0.25, 0.3) is 0 Å². The van der Waals surface area contributed by atoms with Crippen molar-refractivity contribution >= 4 is 82.1 Å². The normalized spacial score (nSPS) is 12.6. The molecule has 0 aliphatic carbocycles. The monoisotopic (exact) mass is 1600 g/mol. The summed E-state index contributed by atoms with van der Waals surface area (Å²) >= 11 is 6.74. The summed E-state index contributed by atoms with van der Waals surface area (Å²) in [5.74, 6) is 6.98. The van der Waals surface area contributed by atoms with Crippen LogP contribution >= 0.6 is 47.0 Å². The number of aliphatic hydroxyl groups is 1. The van der Waals surface area contributed by atoms with E-state index in [-0.39, 0.29) is 58.9 Å². The lowest BCUT2D eigenvalue weighted by molar-refractivity contribution is -0.131. The van der Waals surface area contributed by atoms with Gasteiger partial charge in [-0.3, -0.25) is 19.2 Å². The van der Waals surface area contributed by atoms with E-state index in [2.05, 4.69) is 45.4 Å². The van der Waals surface area contributed by atoms with Gasteiger partial charge in [0, 0.05) is 161 Å². The predicted molar refractivity (Wildman–Crippen MR) is 457 cm³/mol. The molecule has 2 aliphatic heterocycles.